The second-order valence-electron chi connectivity index (χ2n) is 5.10. The van der Waals surface area contributed by atoms with Crippen molar-refractivity contribution >= 4 is 11.9 Å². The van der Waals surface area contributed by atoms with Gasteiger partial charge in [0.25, 0.3) is 5.91 Å². The van der Waals surface area contributed by atoms with E-state index in [-0.39, 0.29) is 18.9 Å². The van der Waals surface area contributed by atoms with E-state index >= 15 is 0 Å². The molecular formula is C17H18N2O3. The van der Waals surface area contributed by atoms with Gasteiger partial charge in [-0.1, -0.05) is 17.7 Å². The van der Waals surface area contributed by atoms with Gasteiger partial charge in [-0.3, -0.25) is 14.6 Å². The van der Waals surface area contributed by atoms with Gasteiger partial charge in [-0.25, -0.2) is 0 Å². The fourth-order valence-electron chi connectivity index (χ4n) is 2.15. The van der Waals surface area contributed by atoms with Crippen LogP contribution in [-0.2, 0) is 11.3 Å². The van der Waals surface area contributed by atoms with Crippen LogP contribution in [0.1, 0.15) is 27.9 Å². The number of carbonyl (C=O) groups is 2. The van der Waals surface area contributed by atoms with Gasteiger partial charge < -0.3 is 10.0 Å². The molecule has 0 saturated heterocycles. The molecule has 5 nitrogen and oxygen atoms in total. The minimum absolute atomic E-state index is 0.0807. The summed E-state index contributed by atoms with van der Waals surface area (Å²) >= 11 is 0. The highest BCUT2D eigenvalue weighted by Crippen LogP contribution is 2.12. The third-order valence-electron chi connectivity index (χ3n) is 3.27. The van der Waals surface area contributed by atoms with E-state index in [4.69, 9.17) is 5.11 Å². The van der Waals surface area contributed by atoms with E-state index in [1.807, 2.05) is 37.3 Å². The summed E-state index contributed by atoms with van der Waals surface area (Å²) in [5, 5.41) is 8.88. The first kappa shape index (κ1) is 15.7. The van der Waals surface area contributed by atoms with Crippen molar-refractivity contribution in [3.8, 4) is 0 Å². The van der Waals surface area contributed by atoms with Crippen LogP contribution in [0, 0.1) is 6.92 Å². The van der Waals surface area contributed by atoms with Crippen LogP contribution in [0.5, 0.6) is 0 Å². The Labute approximate surface area is 129 Å². The van der Waals surface area contributed by atoms with E-state index in [0.717, 1.165) is 11.1 Å². The number of amides is 1. The number of aliphatic carboxylic acids is 1. The number of aromatic nitrogens is 1. The van der Waals surface area contributed by atoms with Gasteiger partial charge in [0, 0.05) is 31.0 Å². The maximum atomic E-state index is 12.6. The Balaban J connectivity index is 2.19. The van der Waals surface area contributed by atoms with Gasteiger partial charge in [0.1, 0.15) is 0 Å². The van der Waals surface area contributed by atoms with E-state index in [1.54, 1.807) is 23.4 Å². The molecule has 0 aliphatic rings. The summed E-state index contributed by atoms with van der Waals surface area (Å²) in [4.78, 5) is 29.0. The predicted octanol–water partition coefficient (Wildman–Crippen LogP) is 2.51. The van der Waals surface area contributed by atoms with Gasteiger partial charge >= 0.3 is 5.97 Å². The number of carbonyl (C=O) groups excluding carboxylic acids is 1. The average molecular weight is 298 g/mol. The van der Waals surface area contributed by atoms with E-state index in [1.165, 1.54) is 0 Å². The zero-order valence-corrected chi connectivity index (χ0v) is 12.4. The van der Waals surface area contributed by atoms with Crippen LogP contribution in [0.2, 0.25) is 0 Å². The summed E-state index contributed by atoms with van der Waals surface area (Å²) in [5.74, 6) is -1.08. The SMILES string of the molecule is Cc1cccc(C(=O)N(CCC(=O)O)Cc2ccncc2)c1. The summed E-state index contributed by atoms with van der Waals surface area (Å²) in [6, 6.07) is 10.9. The number of carboxylic acids is 1. The number of rotatable bonds is 6. The quantitative estimate of drug-likeness (QED) is 0.889. The first-order valence-electron chi connectivity index (χ1n) is 7.03. The van der Waals surface area contributed by atoms with Crippen molar-refractivity contribution in [3.63, 3.8) is 0 Å². The number of aryl methyl sites for hydroxylation is 1. The van der Waals surface area contributed by atoms with Gasteiger partial charge in [-0.15, -0.1) is 0 Å². The van der Waals surface area contributed by atoms with E-state index < -0.39 is 5.97 Å². The summed E-state index contributed by atoms with van der Waals surface area (Å²) in [6.07, 6.45) is 3.23. The molecule has 0 bridgehead atoms. The second kappa shape index (κ2) is 7.36. The number of hydrogen-bond acceptors (Lipinski definition) is 3. The Morgan fingerprint density at radius 3 is 2.55 bits per heavy atom. The highest BCUT2D eigenvalue weighted by atomic mass is 16.4. The summed E-state index contributed by atoms with van der Waals surface area (Å²) in [7, 11) is 0. The number of hydrogen-bond donors (Lipinski definition) is 1. The van der Waals surface area contributed by atoms with Crippen molar-refractivity contribution in [1.29, 1.82) is 0 Å². The monoisotopic (exact) mass is 298 g/mol. The van der Waals surface area contributed by atoms with Gasteiger partial charge in [0.15, 0.2) is 0 Å². The molecule has 114 valence electrons. The van der Waals surface area contributed by atoms with E-state index in [2.05, 4.69) is 4.98 Å². The lowest BCUT2D eigenvalue weighted by Crippen LogP contribution is -2.32. The minimum atomic E-state index is -0.920. The molecule has 0 saturated carbocycles. The highest BCUT2D eigenvalue weighted by Gasteiger charge is 2.17. The maximum absolute atomic E-state index is 12.6. The third-order valence-corrected chi connectivity index (χ3v) is 3.27. The molecule has 1 amide bonds. The average Bonchev–Trinajstić information content (AvgIpc) is 2.51. The normalized spacial score (nSPS) is 10.2. The van der Waals surface area contributed by atoms with Crippen LogP contribution in [0.3, 0.4) is 0 Å². The first-order chi connectivity index (χ1) is 10.6. The summed E-state index contributed by atoms with van der Waals surface area (Å²) in [6.45, 7) is 2.45. The van der Waals surface area contributed by atoms with Crippen molar-refractivity contribution in [1.82, 2.24) is 9.88 Å². The largest absolute Gasteiger partial charge is 0.481 e. The van der Waals surface area contributed by atoms with Crippen LogP contribution < -0.4 is 0 Å². The molecule has 1 aromatic carbocycles. The number of pyridine rings is 1. The molecule has 22 heavy (non-hydrogen) atoms. The van der Waals surface area contributed by atoms with Crippen molar-refractivity contribution < 1.29 is 14.7 Å². The zero-order valence-electron chi connectivity index (χ0n) is 12.4. The maximum Gasteiger partial charge on any atom is 0.305 e. The van der Waals surface area contributed by atoms with Crippen LogP contribution in [0.15, 0.2) is 48.8 Å². The van der Waals surface area contributed by atoms with Gasteiger partial charge in [-0.2, -0.15) is 0 Å². The summed E-state index contributed by atoms with van der Waals surface area (Å²) < 4.78 is 0. The van der Waals surface area contributed by atoms with Crippen LogP contribution in [0.4, 0.5) is 0 Å². The van der Waals surface area contributed by atoms with Crippen molar-refractivity contribution in [3.05, 3.63) is 65.5 Å². The fraction of sp³-hybridized carbons (Fsp3) is 0.235. The Kier molecular flexibility index (Phi) is 5.25. The lowest BCUT2D eigenvalue weighted by molar-refractivity contribution is -0.137. The molecular weight excluding hydrogens is 280 g/mol. The molecule has 0 spiro atoms. The van der Waals surface area contributed by atoms with Crippen LogP contribution >= 0.6 is 0 Å². The topological polar surface area (TPSA) is 70.5 Å². The van der Waals surface area contributed by atoms with E-state index in [9.17, 15) is 9.59 Å². The minimum Gasteiger partial charge on any atom is -0.481 e. The highest BCUT2D eigenvalue weighted by molar-refractivity contribution is 5.94. The second-order valence-corrected chi connectivity index (χ2v) is 5.10. The molecule has 0 aliphatic carbocycles. The predicted molar refractivity (Wildman–Crippen MR) is 82.4 cm³/mol. The zero-order chi connectivity index (χ0) is 15.9. The molecule has 0 atom stereocenters. The molecule has 0 aliphatic heterocycles. The molecule has 0 radical (unpaired) electrons. The smallest absolute Gasteiger partial charge is 0.305 e. The Morgan fingerprint density at radius 2 is 1.91 bits per heavy atom. The Bertz CT molecular complexity index is 656. The van der Waals surface area contributed by atoms with Crippen LogP contribution in [0.25, 0.3) is 0 Å². The molecule has 1 heterocycles. The lowest BCUT2D eigenvalue weighted by Gasteiger charge is -2.22. The Hall–Kier alpha value is -2.69. The molecule has 5 heteroatoms. The Morgan fingerprint density at radius 1 is 1.18 bits per heavy atom. The lowest BCUT2D eigenvalue weighted by atomic mass is 10.1. The summed E-state index contributed by atoms with van der Waals surface area (Å²) in [5.41, 5.74) is 2.48. The fourth-order valence-corrected chi connectivity index (χ4v) is 2.15. The first-order valence-corrected chi connectivity index (χ1v) is 7.03. The number of nitrogens with zero attached hydrogens (tertiary/aromatic N) is 2. The number of benzene rings is 1. The standard InChI is InChI=1S/C17H18N2O3/c1-13-3-2-4-15(11-13)17(22)19(10-7-16(20)21)12-14-5-8-18-9-6-14/h2-6,8-9,11H,7,10,12H2,1H3,(H,20,21). The molecule has 0 unspecified atom stereocenters. The van der Waals surface area contributed by atoms with Crippen molar-refractivity contribution in [2.24, 2.45) is 0 Å². The van der Waals surface area contributed by atoms with E-state index in [0.29, 0.717) is 12.1 Å². The molecule has 1 N–H and O–H groups in total. The molecule has 0 fully saturated rings. The van der Waals surface area contributed by atoms with Crippen molar-refractivity contribution in [2.45, 2.75) is 19.9 Å². The van der Waals surface area contributed by atoms with Gasteiger partial charge in [-0.05, 0) is 36.8 Å². The van der Waals surface area contributed by atoms with Gasteiger partial charge in [0.05, 0.1) is 6.42 Å². The molecule has 2 rings (SSSR count). The number of carboxylic acid groups (broad SMARTS) is 1. The van der Waals surface area contributed by atoms with Gasteiger partial charge in [0.2, 0.25) is 0 Å². The molecule has 1 aromatic heterocycles. The third kappa shape index (κ3) is 4.41. The van der Waals surface area contributed by atoms with Crippen LogP contribution in [-0.4, -0.2) is 33.4 Å². The molecule has 2 aromatic rings. The van der Waals surface area contributed by atoms with Crippen molar-refractivity contribution in [2.75, 3.05) is 6.54 Å².